The Morgan fingerprint density at radius 3 is 1.31 bits per heavy atom. The van der Waals surface area contributed by atoms with Crippen LogP contribution in [0.15, 0.2) is 203 Å². The minimum Gasteiger partial charge on any atom is -0.454 e. The first-order valence-electron chi connectivity index (χ1n) is 22.3. The van der Waals surface area contributed by atoms with Gasteiger partial charge in [-0.05, 0) is 123 Å². The SMILES string of the molecule is CC1(C)c2cc3c(cc2-c2c1cc(N(c1ccccc1)c1ccccc1)c1oc4ccccc4c21)[Si](C)(C)c1cc(N(c2ccccc2)c2ccccc2)c2oc4ccccc4c2c1-3. The Balaban J connectivity index is 1.10. The van der Waals surface area contributed by atoms with Gasteiger partial charge in [-0.3, -0.25) is 0 Å². The maximum atomic E-state index is 7.05. The van der Waals surface area contributed by atoms with Gasteiger partial charge in [0.05, 0.1) is 11.4 Å². The van der Waals surface area contributed by atoms with Gasteiger partial charge in [0.1, 0.15) is 19.2 Å². The monoisotopic (exact) mass is 840 g/mol. The number of benzene rings is 9. The number of hydrogen-bond donors (Lipinski definition) is 0. The van der Waals surface area contributed by atoms with E-state index in [0.717, 1.165) is 67.2 Å². The lowest BCUT2D eigenvalue weighted by Gasteiger charge is -2.28. The van der Waals surface area contributed by atoms with Crippen LogP contribution in [0.4, 0.5) is 34.1 Å². The number of furan rings is 2. The molecule has 4 nitrogen and oxygen atoms in total. The molecular weight excluding hydrogens is 797 g/mol. The molecule has 0 atom stereocenters. The van der Waals surface area contributed by atoms with Gasteiger partial charge < -0.3 is 18.6 Å². The Morgan fingerprint density at radius 2 is 0.828 bits per heavy atom. The standard InChI is InChI=1S/C59H44N2O2Si/c1-59(2)45-33-44-51(34-43(45)53-46(59)35-47(57-55(53)41-29-17-19-31-49(41)62-57)60(37-21-9-5-10-22-37)38-23-11-6-12-24-38)64(3,4)52-36-48(58-56(54(44)52)42-30-18-20-32-50(42)63-58)61(39-25-13-7-14-26-39)40-27-15-8-16-28-40/h5-36H,1-4H3. The topological polar surface area (TPSA) is 32.8 Å². The van der Waals surface area contributed by atoms with Crippen molar-refractivity contribution in [1.29, 1.82) is 0 Å². The lowest BCUT2D eigenvalue weighted by atomic mass is 9.81. The summed E-state index contributed by atoms with van der Waals surface area (Å²) in [5.41, 5.74) is 17.6. The van der Waals surface area contributed by atoms with Crippen molar-refractivity contribution in [1.82, 2.24) is 0 Å². The molecule has 0 unspecified atom stereocenters. The summed E-state index contributed by atoms with van der Waals surface area (Å²) < 4.78 is 14.1. The van der Waals surface area contributed by atoms with E-state index in [2.05, 4.69) is 231 Å². The number of nitrogens with zero attached hydrogens (tertiary/aromatic N) is 2. The summed E-state index contributed by atoms with van der Waals surface area (Å²) in [6, 6.07) is 70.0. The zero-order valence-electron chi connectivity index (χ0n) is 36.2. The average Bonchev–Trinajstić information content (AvgIpc) is 4.03. The molecule has 0 fully saturated rings. The highest BCUT2D eigenvalue weighted by Gasteiger charge is 2.46. The Labute approximate surface area is 373 Å². The second-order valence-corrected chi connectivity index (χ2v) is 22.8. The molecule has 306 valence electrons. The normalized spacial score (nSPS) is 14.2. The van der Waals surface area contributed by atoms with Gasteiger partial charge in [-0.25, -0.2) is 0 Å². The van der Waals surface area contributed by atoms with Crippen molar-refractivity contribution in [2.75, 3.05) is 9.80 Å². The Morgan fingerprint density at radius 1 is 0.406 bits per heavy atom. The maximum absolute atomic E-state index is 7.05. The van der Waals surface area contributed by atoms with Gasteiger partial charge in [0.15, 0.2) is 11.2 Å². The van der Waals surface area contributed by atoms with E-state index >= 15 is 0 Å². The van der Waals surface area contributed by atoms with Gasteiger partial charge >= 0.3 is 0 Å². The van der Waals surface area contributed by atoms with Crippen LogP contribution in [0.25, 0.3) is 66.1 Å². The van der Waals surface area contributed by atoms with Crippen molar-refractivity contribution < 1.29 is 8.83 Å². The van der Waals surface area contributed by atoms with Crippen LogP contribution in [0.2, 0.25) is 13.1 Å². The molecule has 0 spiro atoms. The van der Waals surface area contributed by atoms with E-state index in [1.165, 1.54) is 54.5 Å². The Kier molecular flexibility index (Phi) is 7.77. The molecule has 0 radical (unpaired) electrons. The highest BCUT2D eigenvalue weighted by Crippen LogP contribution is 2.58. The molecule has 0 amide bonds. The van der Waals surface area contributed by atoms with E-state index in [0.29, 0.717) is 0 Å². The van der Waals surface area contributed by atoms with Crippen molar-refractivity contribution >= 4 is 96.4 Å². The molecule has 2 aliphatic rings. The number of anilines is 6. The molecule has 9 aromatic carbocycles. The first-order valence-corrected chi connectivity index (χ1v) is 25.3. The predicted molar refractivity (Wildman–Crippen MR) is 270 cm³/mol. The summed E-state index contributed by atoms with van der Waals surface area (Å²) in [6.07, 6.45) is 0. The fourth-order valence-electron chi connectivity index (χ4n) is 11.1. The largest absolute Gasteiger partial charge is 0.454 e. The summed E-state index contributed by atoms with van der Waals surface area (Å²) in [7, 11) is -2.37. The number of para-hydroxylation sites is 6. The summed E-state index contributed by atoms with van der Waals surface area (Å²) in [6.45, 7) is 9.92. The number of rotatable bonds is 6. The van der Waals surface area contributed by atoms with E-state index in [1.54, 1.807) is 0 Å². The number of hydrogen-bond acceptors (Lipinski definition) is 4. The van der Waals surface area contributed by atoms with Crippen LogP contribution in [0.5, 0.6) is 0 Å². The second-order valence-electron chi connectivity index (χ2n) is 18.4. The third-order valence-corrected chi connectivity index (χ3v) is 17.7. The first kappa shape index (κ1) is 37.0. The summed E-state index contributed by atoms with van der Waals surface area (Å²) in [4.78, 5) is 4.74. The van der Waals surface area contributed by atoms with E-state index < -0.39 is 8.07 Å². The Hall–Kier alpha value is -7.60. The molecule has 11 aromatic rings. The first-order chi connectivity index (χ1) is 31.3. The second kappa shape index (κ2) is 13.4. The van der Waals surface area contributed by atoms with Crippen molar-refractivity contribution in [3.05, 3.63) is 205 Å². The molecule has 0 saturated carbocycles. The average molecular weight is 841 g/mol. The van der Waals surface area contributed by atoms with Crippen molar-refractivity contribution in [3.63, 3.8) is 0 Å². The summed E-state index contributed by atoms with van der Waals surface area (Å²) in [5, 5.41) is 7.55. The van der Waals surface area contributed by atoms with Crippen LogP contribution in [0.1, 0.15) is 25.0 Å². The molecule has 13 rings (SSSR count). The molecule has 2 aromatic heterocycles. The third-order valence-electron chi connectivity index (χ3n) is 14.2. The quantitative estimate of drug-likeness (QED) is 0.156. The van der Waals surface area contributed by atoms with E-state index in [9.17, 15) is 0 Å². The molecule has 0 N–H and O–H groups in total. The lowest BCUT2D eigenvalue weighted by Crippen LogP contribution is -2.49. The van der Waals surface area contributed by atoms with Crippen molar-refractivity contribution in [3.8, 4) is 22.3 Å². The van der Waals surface area contributed by atoms with Crippen molar-refractivity contribution in [2.45, 2.75) is 32.4 Å². The fourth-order valence-corrected chi connectivity index (χ4v) is 14.2. The molecular formula is C59H44N2O2Si. The van der Waals surface area contributed by atoms with E-state index in [4.69, 9.17) is 8.83 Å². The van der Waals surface area contributed by atoms with Crippen LogP contribution in [-0.4, -0.2) is 8.07 Å². The molecule has 0 bridgehead atoms. The molecule has 1 aliphatic carbocycles. The molecule has 3 heterocycles. The van der Waals surface area contributed by atoms with Crippen LogP contribution < -0.4 is 20.2 Å². The lowest BCUT2D eigenvalue weighted by molar-refractivity contribution is 0.657. The van der Waals surface area contributed by atoms with E-state index in [1.807, 2.05) is 0 Å². The molecule has 0 saturated heterocycles. The fraction of sp³-hybridized carbons (Fsp3) is 0.0847. The van der Waals surface area contributed by atoms with Gasteiger partial charge in [0, 0.05) is 49.7 Å². The third kappa shape index (κ3) is 5.10. The smallest absolute Gasteiger partial charge is 0.160 e. The van der Waals surface area contributed by atoms with Crippen LogP contribution in [0, 0.1) is 0 Å². The van der Waals surface area contributed by atoms with Crippen LogP contribution in [0.3, 0.4) is 0 Å². The van der Waals surface area contributed by atoms with Gasteiger partial charge in [-0.15, -0.1) is 0 Å². The van der Waals surface area contributed by atoms with Gasteiger partial charge in [-0.2, -0.15) is 0 Å². The van der Waals surface area contributed by atoms with Gasteiger partial charge in [0.25, 0.3) is 0 Å². The maximum Gasteiger partial charge on any atom is 0.160 e. The predicted octanol–water partition coefficient (Wildman–Crippen LogP) is 15.5. The van der Waals surface area contributed by atoms with E-state index in [-0.39, 0.29) is 5.41 Å². The van der Waals surface area contributed by atoms with Crippen LogP contribution >= 0.6 is 0 Å². The molecule has 64 heavy (non-hydrogen) atoms. The van der Waals surface area contributed by atoms with Gasteiger partial charge in [0.2, 0.25) is 0 Å². The minimum absolute atomic E-state index is 0.330. The molecule has 5 heteroatoms. The van der Waals surface area contributed by atoms with Crippen LogP contribution in [-0.2, 0) is 5.41 Å². The minimum atomic E-state index is -2.37. The Bertz CT molecular complexity index is 3340. The highest BCUT2D eigenvalue weighted by atomic mass is 28.3. The summed E-state index contributed by atoms with van der Waals surface area (Å²) >= 11 is 0. The summed E-state index contributed by atoms with van der Waals surface area (Å²) in [5.74, 6) is 0. The van der Waals surface area contributed by atoms with Gasteiger partial charge in [-0.1, -0.05) is 142 Å². The zero-order chi connectivity index (χ0) is 42.9. The van der Waals surface area contributed by atoms with Crippen molar-refractivity contribution in [2.24, 2.45) is 0 Å². The number of fused-ring (bicyclic) bond motifs is 14. The highest BCUT2D eigenvalue weighted by molar-refractivity contribution is 7.04. The molecule has 1 aliphatic heterocycles. The zero-order valence-corrected chi connectivity index (χ0v) is 37.2.